The van der Waals surface area contributed by atoms with Crippen LogP contribution in [0.25, 0.3) is 0 Å². The van der Waals surface area contributed by atoms with Crippen LogP contribution in [0.15, 0.2) is 78.9 Å². The van der Waals surface area contributed by atoms with E-state index in [4.69, 9.17) is 4.74 Å². The van der Waals surface area contributed by atoms with Crippen LogP contribution in [-0.2, 0) is 27.3 Å². The first-order chi connectivity index (χ1) is 19.5. The van der Waals surface area contributed by atoms with Crippen molar-refractivity contribution in [2.75, 3.05) is 11.9 Å². The molecule has 0 fully saturated rings. The Morgan fingerprint density at radius 1 is 0.805 bits per heavy atom. The minimum Gasteiger partial charge on any atom is -0.444 e. The second-order valence-corrected chi connectivity index (χ2v) is 10.6. The number of imide groups is 1. The smallest absolute Gasteiger partial charge is 0.408 e. The van der Waals surface area contributed by atoms with Crippen LogP contribution >= 0.6 is 0 Å². The molecule has 0 aromatic heterocycles. The van der Waals surface area contributed by atoms with Crippen molar-refractivity contribution in [2.45, 2.75) is 45.4 Å². The molecule has 10 heteroatoms. The lowest BCUT2D eigenvalue weighted by Crippen LogP contribution is -2.48. The predicted octanol–water partition coefficient (Wildman–Crippen LogP) is 3.67. The molecule has 1 aliphatic heterocycles. The molecule has 1 heterocycles. The van der Waals surface area contributed by atoms with Crippen molar-refractivity contribution in [3.8, 4) is 0 Å². The summed E-state index contributed by atoms with van der Waals surface area (Å²) in [5.74, 6) is -1.97. The normalized spacial score (nSPS) is 13.3. The molecular weight excluding hydrogens is 524 g/mol. The number of fused-ring (bicyclic) bond motifs is 1. The van der Waals surface area contributed by atoms with Gasteiger partial charge in [-0.05, 0) is 56.2 Å². The summed E-state index contributed by atoms with van der Waals surface area (Å²) >= 11 is 0. The van der Waals surface area contributed by atoms with Crippen LogP contribution < -0.4 is 16.0 Å². The summed E-state index contributed by atoms with van der Waals surface area (Å²) in [5, 5.41) is 7.92. The van der Waals surface area contributed by atoms with Crippen LogP contribution in [0.4, 0.5) is 10.5 Å². The van der Waals surface area contributed by atoms with Gasteiger partial charge in [0.25, 0.3) is 11.8 Å². The number of benzene rings is 3. The molecule has 1 unspecified atom stereocenters. The molecule has 0 radical (unpaired) electrons. The molecule has 4 rings (SSSR count). The maximum Gasteiger partial charge on any atom is 0.408 e. The van der Waals surface area contributed by atoms with Gasteiger partial charge < -0.3 is 20.7 Å². The van der Waals surface area contributed by atoms with Crippen molar-refractivity contribution in [1.29, 1.82) is 0 Å². The highest BCUT2D eigenvalue weighted by molar-refractivity contribution is 6.23. The minimum atomic E-state index is -1.09. The monoisotopic (exact) mass is 556 g/mol. The van der Waals surface area contributed by atoms with E-state index in [0.717, 1.165) is 10.5 Å². The standard InChI is InChI=1S/C31H32N4O6/c1-31(2,3)41-30(40)33-19-26(36)32-18-21-12-9-13-22(16-21)34-27(37)25(17-20-10-5-4-6-11-20)35-28(38)23-14-7-8-15-24(23)29(35)39/h4-16,25H,17-19H2,1-3H3,(H,32,36)(H,33,40)(H,34,37). The molecule has 41 heavy (non-hydrogen) atoms. The number of carbonyl (C=O) groups is 5. The Balaban J connectivity index is 1.43. The van der Waals surface area contributed by atoms with Gasteiger partial charge in [-0.15, -0.1) is 0 Å². The lowest BCUT2D eigenvalue weighted by Gasteiger charge is -2.25. The third kappa shape index (κ3) is 7.57. The predicted molar refractivity (Wildman–Crippen MR) is 152 cm³/mol. The van der Waals surface area contributed by atoms with Crippen LogP contribution in [0.1, 0.15) is 52.6 Å². The van der Waals surface area contributed by atoms with Crippen LogP contribution in [-0.4, -0.2) is 52.8 Å². The summed E-state index contributed by atoms with van der Waals surface area (Å²) in [6.07, 6.45) is -0.557. The fraction of sp³-hybridized carbons (Fsp3) is 0.258. The second-order valence-electron chi connectivity index (χ2n) is 10.6. The Labute approximate surface area is 238 Å². The SMILES string of the molecule is CC(C)(C)OC(=O)NCC(=O)NCc1cccc(NC(=O)C(Cc2ccccc2)N2C(=O)c3ccccc3C2=O)c1. The van der Waals surface area contributed by atoms with Gasteiger partial charge in [0.15, 0.2) is 0 Å². The van der Waals surface area contributed by atoms with E-state index < -0.39 is 41.4 Å². The summed E-state index contributed by atoms with van der Waals surface area (Å²) in [7, 11) is 0. The first kappa shape index (κ1) is 29.0. The van der Waals surface area contributed by atoms with Gasteiger partial charge in [-0.25, -0.2) is 4.79 Å². The molecular formula is C31H32N4O6. The number of nitrogens with one attached hydrogen (secondary N) is 3. The van der Waals surface area contributed by atoms with Crippen molar-refractivity contribution < 1.29 is 28.7 Å². The highest BCUT2D eigenvalue weighted by atomic mass is 16.6. The van der Waals surface area contributed by atoms with Gasteiger partial charge in [-0.1, -0.05) is 54.6 Å². The lowest BCUT2D eigenvalue weighted by molar-refractivity contribution is -0.120. The van der Waals surface area contributed by atoms with Crippen LogP contribution in [0.2, 0.25) is 0 Å². The Morgan fingerprint density at radius 3 is 2.05 bits per heavy atom. The van der Waals surface area contributed by atoms with E-state index in [-0.39, 0.29) is 30.6 Å². The molecule has 0 saturated heterocycles. The summed E-state index contributed by atoms with van der Waals surface area (Å²) < 4.78 is 5.11. The van der Waals surface area contributed by atoms with Gasteiger partial charge in [0.1, 0.15) is 18.2 Å². The average molecular weight is 557 g/mol. The molecule has 0 bridgehead atoms. The van der Waals surface area contributed by atoms with Crippen LogP contribution in [0, 0.1) is 0 Å². The van der Waals surface area contributed by atoms with Gasteiger partial charge >= 0.3 is 6.09 Å². The molecule has 3 aromatic rings. The molecule has 0 saturated carbocycles. The van der Waals surface area contributed by atoms with Crippen LogP contribution in [0.3, 0.4) is 0 Å². The molecule has 3 aromatic carbocycles. The lowest BCUT2D eigenvalue weighted by atomic mass is 10.0. The number of anilines is 1. The zero-order chi connectivity index (χ0) is 29.6. The maximum absolute atomic E-state index is 13.6. The zero-order valence-electron chi connectivity index (χ0n) is 23.1. The molecule has 0 spiro atoms. The second kappa shape index (κ2) is 12.5. The molecule has 10 nitrogen and oxygen atoms in total. The number of hydrogen-bond acceptors (Lipinski definition) is 6. The molecule has 212 valence electrons. The molecule has 3 N–H and O–H groups in total. The van der Waals surface area contributed by atoms with E-state index in [9.17, 15) is 24.0 Å². The Kier molecular flexibility index (Phi) is 8.81. The number of alkyl carbamates (subject to hydrolysis) is 1. The van der Waals surface area contributed by atoms with Gasteiger partial charge in [-0.2, -0.15) is 0 Å². The largest absolute Gasteiger partial charge is 0.444 e. The van der Waals surface area contributed by atoms with Gasteiger partial charge in [0, 0.05) is 18.7 Å². The van der Waals surface area contributed by atoms with E-state index in [0.29, 0.717) is 11.3 Å². The van der Waals surface area contributed by atoms with Crippen molar-refractivity contribution >= 4 is 35.4 Å². The molecule has 0 aliphatic carbocycles. The first-order valence-corrected chi connectivity index (χ1v) is 13.2. The fourth-order valence-electron chi connectivity index (χ4n) is 4.34. The topological polar surface area (TPSA) is 134 Å². The van der Waals surface area contributed by atoms with Crippen molar-refractivity contribution in [1.82, 2.24) is 15.5 Å². The number of amides is 5. The summed E-state index contributed by atoms with van der Waals surface area (Å²) in [6.45, 7) is 5.06. The molecule has 1 atom stereocenters. The Morgan fingerprint density at radius 2 is 1.41 bits per heavy atom. The number of nitrogens with zero attached hydrogens (tertiary/aromatic N) is 1. The van der Waals surface area contributed by atoms with Gasteiger partial charge in [0.2, 0.25) is 11.8 Å². The molecule has 1 aliphatic rings. The third-order valence-electron chi connectivity index (χ3n) is 6.19. The van der Waals surface area contributed by atoms with Gasteiger partial charge in [-0.3, -0.25) is 24.1 Å². The highest BCUT2D eigenvalue weighted by Crippen LogP contribution is 2.27. The highest BCUT2D eigenvalue weighted by Gasteiger charge is 2.42. The number of ether oxygens (including phenoxy) is 1. The Bertz CT molecular complexity index is 1430. The van der Waals surface area contributed by atoms with Crippen molar-refractivity contribution in [2.24, 2.45) is 0 Å². The van der Waals surface area contributed by atoms with E-state index in [2.05, 4.69) is 16.0 Å². The molecule has 5 amide bonds. The van der Waals surface area contributed by atoms with E-state index in [1.165, 1.54) is 0 Å². The summed E-state index contributed by atoms with van der Waals surface area (Å²) in [4.78, 5) is 65.0. The van der Waals surface area contributed by atoms with E-state index in [1.54, 1.807) is 69.3 Å². The van der Waals surface area contributed by atoms with Gasteiger partial charge in [0.05, 0.1) is 11.1 Å². The Hall–Kier alpha value is -4.99. The zero-order valence-corrected chi connectivity index (χ0v) is 23.1. The maximum atomic E-state index is 13.6. The average Bonchev–Trinajstić information content (AvgIpc) is 3.18. The minimum absolute atomic E-state index is 0.137. The fourth-order valence-corrected chi connectivity index (χ4v) is 4.34. The van der Waals surface area contributed by atoms with E-state index >= 15 is 0 Å². The quantitative estimate of drug-likeness (QED) is 0.345. The summed E-state index contributed by atoms with van der Waals surface area (Å²) in [6, 6.07) is 21.4. The van der Waals surface area contributed by atoms with Crippen LogP contribution in [0.5, 0.6) is 0 Å². The number of carbonyl (C=O) groups excluding carboxylic acids is 5. The third-order valence-corrected chi connectivity index (χ3v) is 6.19. The van der Waals surface area contributed by atoms with Crippen molar-refractivity contribution in [3.63, 3.8) is 0 Å². The van der Waals surface area contributed by atoms with Crippen molar-refractivity contribution in [3.05, 3.63) is 101 Å². The first-order valence-electron chi connectivity index (χ1n) is 13.2. The number of hydrogen-bond donors (Lipinski definition) is 3. The van der Waals surface area contributed by atoms with E-state index in [1.807, 2.05) is 30.3 Å². The number of rotatable bonds is 9. The summed E-state index contributed by atoms with van der Waals surface area (Å²) in [5.41, 5.74) is 1.77.